The molecule has 0 saturated heterocycles. The third-order valence-corrected chi connectivity index (χ3v) is 2.53. The van der Waals surface area contributed by atoms with Crippen LogP contribution in [0.1, 0.15) is 26.7 Å². The minimum absolute atomic E-state index is 0.0139. The van der Waals surface area contributed by atoms with Gasteiger partial charge in [0.1, 0.15) is 0 Å². The molecule has 0 fully saturated rings. The van der Waals surface area contributed by atoms with Crippen molar-refractivity contribution in [1.29, 1.82) is 0 Å². The van der Waals surface area contributed by atoms with E-state index in [9.17, 15) is 4.79 Å². The van der Waals surface area contributed by atoms with Gasteiger partial charge in [-0.25, -0.2) is 0 Å². The molecule has 0 aliphatic heterocycles. The first-order valence-electron chi connectivity index (χ1n) is 5.62. The van der Waals surface area contributed by atoms with Crippen molar-refractivity contribution in [3.63, 3.8) is 0 Å². The van der Waals surface area contributed by atoms with Crippen LogP contribution in [0.5, 0.6) is 0 Å². The SMILES string of the molecule is COC(OC)C(C)NC(=O)C(C)CCCN. The van der Waals surface area contributed by atoms with E-state index in [0.717, 1.165) is 12.8 Å². The molecule has 0 radical (unpaired) electrons. The molecule has 96 valence electrons. The molecule has 3 N–H and O–H groups in total. The number of methoxy groups -OCH3 is 2. The summed E-state index contributed by atoms with van der Waals surface area (Å²) in [6.07, 6.45) is 1.26. The molecule has 0 aromatic heterocycles. The second kappa shape index (κ2) is 8.50. The lowest BCUT2D eigenvalue weighted by Gasteiger charge is -2.23. The fourth-order valence-corrected chi connectivity index (χ4v) is 1.49. The third-order valence-electron chi connectivity index (χ3n) is 2.53. The van der Waals surface area contributed by atoms with Gasteiger partial charge >= 0.3 is 0 Å². The van der Waals surface area contributed by atoms with Crippen LogP contribution in [0.4, 0.5) is 0 Å². The fraction of sp³-hybridized carbons (Fsp3) is 0.909. The van der Waals surface area contributed by atoms with E-state index >= 15 is 0 Å². The lowest BCUT2D eigenvalue weighted by atomic mass is 10.0. The minimum Gasteiger partial charge on any atom is -0.354 e. The molecule has 5 nitrogen and oxygen atoms in total. The molecule has 2 unspecified atom stereocenters. The van der Waals surface area contributed by atoms with E-state index in [1.807, 2.05) is 13.8 Å². The van der Waals surface area contributed by atoms with Crippen molar-refractivity contribution in [1.82, 2.24) is 5.32 Å². The Morgan fingerprint density at radius 3 is 2.31 bits per heavy atom. The van der Waals surface area contributed by atoms with Crippen LogP contribution in [0.2, 0.25) is 0 Å². The summed E-state index contributed by atoms with van der Waals surface area (Å²) >= 11 is 0. The van der Waals surface area contributed by atoms with Gasteiger partial charge in [0, 0.05) is 20.1 Å². The Kier molecular flexibility index (Phi) is 8.15. The van der Waals surface area contributed by atoms with E-state index < -0.39 is 6.29 Å². The molecule has 0 rings (SSSR count). The topological polar surface area (TPSA) is 73.6 Å². The van der Waals surface area contributed by atoms with Crippen molar-refractivity contribution in [3.8, 4) is 0 Å². The summed E-state index contributed by atoms with van der Waals surface area (Å²) in [4.78, 5) is 11.7. The largest absolute Gasteiger partial charge is 0.354 e. The summed E-state index contributed by atoms with van der Waals surface area (Å²) in [5.41, 5.74) is 5.40. The normalized spacial score (nSPS) is 14.9. The minimum atomic E-state index is -0.411. The Morgan fingerprint density at radius 2 is 1.88 bits per heavy atom. The Hall–Kier alpha value is -0.650. The predicted molar refractivity (Wildman–Crippen MR) is 62.9 cm³/mol. The number of rotatable bonds is 8. The van der Waals surface area contributed by atoms with Gasteiger partial charge in [-0.15, -0.1) is 0 Å². The van der Waals surface area contributed by atoms with Crippen molar-refractivity contribution in [2.45, 2.75) is 39.0 Å². The van der Waals surface area contributed by atoms with Crippen LogP contribution in [0.25, 0.3) is 0 Å². The summed E-state index contributed by atoms with van der Waals surface area (Å²) in [5, 5.41) is 2.86. The van der Waals surface area contributed by atoms with Gasteiger partial charge in [-0.2, -0.15) is 0 Å². The van der Waals surface area contributed by atoms with E-state index in [1.165, 1.54) is 0 Å². The Morgan fingerprint density at radius 1 is 1.31 bits per heavy atom. The van der Waals surface area contributed by atoms with Crippen LogP contribution in [-0.4, -0.2) is 39.0 Å². The molecule has 0 bridgehead atoms. The number of hydrogen-bond acceptors (Lipinski definition) is 4. The smallest absolute Gasteiger partial charge is 0.223 e. The Bertz CT molecular complexity index is 196. The first-order chi connectivity index (χ1) is 7.56. The fourth-order valence-electron chi connectivity index (χ4n) is 1.49. The van der Waals surface area contributed by atoms with Crippen molar-refractivity contribution >= 4 is 5.91 Å². The zero-order valence-electron chi connectivity index (χ0n) is 10.7. The van der Waals surface area contributed by atoms with Crippen molar-refractivity contribution in [2.75, 3.05) is 20.8 Å². The van der Waals surface area contributed by atoms with Gasteiger partial charge in [0.15, 0.2) is 6.29 Å². The summed E-state index contributed by atoms with van der Waals surface area (Å²) in [5.74, 6) is -0.0135. The van der Waals surface area contributed by atoms with Crippen LogP contribution < -0.4 is 11.1 Å². The number of nitrogens with two attached hydrogens (primary N) is 1. The first-order valence-corrected chi connectivity index (χ1v) is 5.62. The van der Waals surface area contributed by atoms with Gasteiger partial charge in [-0.05, 0) is 26.3 Å². The molecule has 0 aliphatic carbocycles. The van der Waals surface area contributed by atoms with E-state index in [2.05, 4.69) is 5.32 Å². The molecular formula is C11H24N2O3. The molecule has 0 heterocycles. The highest BCUT2D eigenvalue weighted by Crippen LogP contribution is 2.06. The van der Waals surface area contributed by atoms with Crippen LogP contribution in [0, 0.1) is 5.92 Å². The van der Waals surface area contributed by atoms with Gasteiger partial charge in [0.2, 0.25) is 5.91 Å². The lowest BCUT2D eigenvalue weighted by molar-refractivity contribution is -0.138. The number of hydrogen-bond donors (Lipinski definition) is 2. The maximum Gasteiger partial charge on any atom is 0.223 e. The van der Waals surface area contributed by atoms with Gasteiger partial charge < -0.3 is 20.5 Å². The summed E-state index contributed by atoms with van der Waals surface area (Å²) < 4.78 is 10.1. The number of amides is 1. The maximum atomic E-state index is 11.7. The highest BCUT2D eigenvalue weighted by atomic mass is 16.7. The molecule has 0 aromatic carbocycles. The van der Waals surface area contributed by atoms with Crippen LogP contribution >= 0.6 is 0 Å². The molecule has 0 saturated carbocycles. The molecule has 1 amide bonds. The van der Waals surface area contributed by atoms with Crippen molar-refractivity contribution in [3.05, 3.63) is 0 Å². The van der Waals surface area contributed by atoms with Gasteiger partial charge in [0.25, 0.3) is 0 Å². The quantitative estimate of drug-likeness (QED) is 0.597. The first kappa shape index (κ1) is 15.3. The summed E-state index contributed by atoms with van der Waals surface area (Å²) in [6.45, 7) is 4.36. The van der Waals surface area contributed by atoms with Crippen LogP contribution in [0.15, 0.2) is 0 Å². The lowest BCUT2D eigenvalue weighted by Crippen LogP contribution is -2.44. The molecule has 16 heavy (non-hydrogen) atoms. The number of carbonyl (C=O) groups is 1. The van der Waals surface area contributed by atoms with E-state index in [0.29, 0.717) is 6.54 Å². The highest BCUT2D eigenvalue weighted by molar-refractivity contribution is 5.78. The molecule has 5 heteroatoms. The Labute approximate surface area is 97.7 Å². The van der Waals surface area contributed by atoms with Gasteiger partial charge in [-0.3, -0.25) is 4.79 Å². The zero-order chi connectivity index (χ0) is 12.6. The van der Waals surface area contributed by atoms with E-state index in [1.54, 1.807) is 14.2 Å². The standard InChI is InChI=1S/C11H24N2O3/c1-8(6-5-7-12)10(14)13-9(2)11(15-3)16-4/h8-9,11H,5-7,12H2,1-4H3,(H,13,14). The summed E-state index contributed by atoms with van der Waals surface area (Å²) in [6, 6.07) is -0.164. The second-order valence-corrected chi connectivity index (χ2v) is 3.97. The van der Waals surface area contributed by atoms with Crippen molar-refractivity contribution in [2.24, 2.45) is 11.7 Å². The van der Waals surface area contributed by atoms with Crippen molar-refractivity contribution < 1.29 is 14.3 Å². The Balaban J connectivity index is 4.01. The highest BCUT2D eigenvalue weighted by Gasteiger charge is 2.20. The average molecular weight is 232 g/mol. The van der Waals surface area contributed by atoms with Crippen LogP contribution in [0.3, 0.4) is 0 Å². The summed E-state index contributed by atoms with van der Waals surface area (Å²) in [7, 11) is 3.10. The van der Waals surface area contributed by atoms with Gasteiger partial charge in [0.05, 0.1) is 6.04 Å². The van der Waals surface area contributed by atoms with E-state index in [4.69, 9.17) is 15.2 Å². The molecular weight excluding hydrogens is 208 g/mol. The monoisotopic (exact) mass is 232 g/mol. The molecule has 0 spiro atoms. The number of ether oxygens (including phenoxy) is 2. The molecule has 0 aliphatic rings. The van der Waals surface area contributed by atoms with Crippen LogP contribution in [-0.2, 0) is 14.3 Å². The molecule has 2 atom stereocenters. The number of carbonyl (C=O) groups excluding carboxylic acids is 1. The molecule has 0 aromatic rings. The second-order valence-electron chi connectivity index (χ2n) is 3.97. The zero-order valence-corrected chi connectivity index (χ0v) is 10.7. The van der Waals surface area contributed by atoms with Gasteiger partial charge in [-0.1, -0.05) is 6.92 Å². The maximum absolute atomic E-state index is 11.7. The average Bonchev–Trinajstić information content (AvgIpc) is 2.27. The van der Waals surface area contributed by atoms with E-state index in [-0.39, 0.29) is 17.9 Å². The third kappa shape index (κ3) is 5.44. The predicted octanol–water partition coefficient (Wildman–Crippen LogP) is 0.485. The number of nitrogens with one attached hydrogen (secondary N) is 1.